The normalized spacial score (nSPS) is 15.1. The Labute approximate surface area is 124 Å². The van der Waals surface area contributed by atoms with Gasteiger partial charge in [-0.05, 0) is 31.7 Å². The lowest BCUT2D eigenvalue weighted by atomic mass is 10.2. The Morgan fingerprint density at radius 2 is 2.19 bits per heavy atom. The zero-order valence-corrected chi connectivity index (χ0v) is 12.1. The van der Waals surface area contributed by atoms with Crippen molar-refractivity contribution in [2.45, 2.75) is 31.8 Å². The molecule has 1 amide bonds. The predicted octanol–water partition coefficient (Wildman–Crippen LogP) is 1.14. The van der Waals surface area contributed by atoms with Gasteiger partial charge in [-0.1, -0.05) is 0 Å². The van der Waals surface area contributed by atoms with Crippen LogP contribution in [0, 0.1) is 0 Å². The van der Waals surface area contributed by atoms with Gasteiger partial charge in [0.2, 0.25) is 5.88 Å². The molecule has 1 aromatic heterocycles. The van der Waals surface area contributed by atoms with E-state index < -0.39 is 0 Å². The van der Waals surface area contributed by atoms with Gasteiger partial charge in [0.1, 0.15) is 6.10 Å². The summed E-state index contributed by atoms with van der Waals surface area (Å²) >= 11 is 0. The summed E-state index contributed by atoms with van der Waals surface area (Å²) in [5.41, 5.74) is 0.528. The molecule has 0 aromatic carbocycles. The van der Waals surface area contributed by atoms with Crippen molar-refractivity contribution in [2.75, 3.05) is 26.4 Å². The Balaban J connectivity index is 1.80. The van der Waals surface area contributed by atoms with Gasteiger partial charge in [-0.15, -0.1) is 0 Å². The zero-order valence-electron chi connectivity index (χ0n) is 12.1. The number of aliphatic hydroxyl groups is 1. The average Bonchev–Trinajstić information content (AvgIpc) is 3.00. The second-order valence-corrected chi connectivity index (χ2v) is 5.00. The second-order valence-electron chi connectivity index (χ2n) is 5.00. The quantitative estimate of drug-likeness (QED) is 0.703. The van der Waals surface area contributed by atoms with E-state index in [1.807, 2.05) is 0 Å². The zero-order chi connectivity index (χ0) is 14.9. The number of amides is 1. The molecule has 1 fully saturated rings. The summed E-state index contributed by atoms with van der Waals surface area (Å²) in [5, 5.41) is 11.3. The highest BCUT2D eigenvalue weighted by Gasteiger charge is 2.17. The Hall–Kier alpha value is -1.66. The number of carbonyl (C=O) groups excluding carboxylic acids is 1. The first-order valence-electron chi connectivity index (χ1n) is 7.39. The number of nitrogens with one attached hydrogen (secondary N) is 1. The van der Waals surface area contributed by atoms with Crippen LogP contribution in [0.5, 0.6) is 5.88 Å². The van der Waals surface area contributed by atoms with Gasteiger partial charge < -0.3 is 19.9 Å². The molecular weight excluding hydrogens is 272 g/mol. The van der Waals surface area contributed by atoms with Gasteiger partial charge in [-0.25, -0.2) is 4.98 Å². The molecule has 6 heteroatoms. The van der Waals surface area contributed by atoms with Gasteiger partial charge >= 0.3 is 0 Å². The molecule has 1 aromatic rings. The third-order valence-electron chi connectivity index (χ3n) is 3.35. The minimum absolute atomic E-state index is 0.0137. The molecule has 1 aliphatic rings. The van der Waals surface area contributed by atoms with Crippen molar-refractivity contribution in [1.82, 2.24) is 10.3 Å². The van der Waals surface area contributed by atoms with Crippen LogP contribution in [0.25, 0.3) is 0 Å². The molecule has 0 bridgehead atoms. The van der Waals surface area contributed by atoms with Gasteiger partial charge in [-0.3, -0.25) is 4.79 Å². The van der Waals surface area contributed by atoms with E-state index in [4.69, 9.17) is 14.6 Å². The smallest absolute Gasteiger partial charge is 0.251 e. The Bertz CT molecular complexity index is 447. The molecule has 1 saturated carbocycles. The first kappa shape index (κ1) is 15.7. The fourth-order valence-corrected chi connectivity index (χ4v) is 2.30. The van der Waals surface area contributed by atoms with Crippen molar-refractivity contribution < 1.29 is 19.4 Å². The first-order valence-corrected chi connectivity index (χ1v) is 7.39. The third kappa shape index (κ3) is 5.32. The number of nitrogens with zero attached hydrogens (tertiary/aromatic N) is 1. The van der Waals surface area contributed by atoms with Crippen molar-refractivity contribution >= 4 is 5.91 Å². The maximum absolute atomic E-state index is 12.0. The summed E-state index contributed by atoms with van der Waals surface area (Å²) in [4.78, 5) is 16.1. The van der Waals surface area contributed by atoms with Crippen molar-refractivity contribution in [3.63, 3.8) is 0 Å². The summed E-state index contributed by atoms with van der Waals surface area (Å²) in [6.45, 7) is 1.05. The summed E-state index contributed by atoms with van der Waals surface area (Å²) < 4.78 is 10.9. The van der Waals surface area contributed by atoms with Gasteiger partial charge in [0.25, 0.3) is 5.91 Å². The SMILES string of the molecule is O=C(NCCOCCO)c1ccnc(OC2CCCC2)c1. The Morgan fingerprint density at radius 1 is 1.38 bits per heavy atom. The molecule has 0 unspecified atom stereocenters. The van der Waals surface area contributed by atoms with Crippen LogP contribution in [0.1, 0.15) is 36.0 Å². The summed E-state index contributed by atoms with van der Waals surface area (Å²) in [6.07, 6.45) is 6.31. The maximum atomic E-state index is 12.0. The largest absolute Gasteiger partial charge is 0.474 e. The van der Waals surface area contributed by atoms with Gasteiger partial charge in [-0.2, -0.15) is 0 Å². The van der Waals surface area contributed by atoms with Crippen LogP contribution in [0.15, 0.2) is 18.3 Å². The summed E-state index contributed by atoms with van der Waals surface area (Å²) in [5.74, 6) is 0.326. The number of aliphatic hydroxyl groups excluding tert-OH is 1. The third-order valence-corrected chi connectivity index (χ3v) is 3.35. The van der Waals surface area contributed by atoms with Crippen LogP contribution in [-0.2, 0) is 4.74 Å². The van der Waals surface area contributed by atoms with Gasteiger partial charge in [0, 0.05) is 24.4 Å². The molecular formula is C15H22N2O4. The highest BCUT2D eigenvalue weighted by molar-refractivity contribution is 5.94. The van der Waals surface area contributed by atoms with Gasteiger partial charge in [0.15, 0.2) is 0 Å². The lowest BCUT2D eigenvalue weighted by Crippen LogP contribution is -2.27. The van der Waals surface area contributed by atoms with Crippen LogP contribution in [0.3, 0.4) is 0 Å². The van der Waals surface area contributed by atoms with Gasteiger partial charge in [0.05, 0.1) is 19.8 Å². The molecule has 6 nitrogen and oxygen atoms in total. The monoisotopic (exact) mass is 294 g/mol. The molecule has 0 radical (unpaired) electrons. The molecule has 2 N–H and O–H groups in total. The van der Waals surface area contributed by atoms with Crippen molar-refractivity contribution in [2.24, 2.45) is 0 Å². The summed E-state index contributed by atoms with van der Waals surface area (Å²) in [6, 6.07) is 3.33. The summed E-state index contributed by atoms with van der Waals surface area (Å²) in [7, 11) is 0. The van der Waals surface area contributed by atoms with E-state index >= 15 is 0 Å². The van der Waals surface area contributed by atoms with E-state index in [0.717, 1.165) is 12.8 Å². The van der Waals surface area contributed by atoms with E-state index in [9.17, 15) is 4.79 Å². The highest BCUT2D eigenvalue weighted by Crippen LogP contribution is 2.23. The van der Waals surface area contributed by atoms with Crippen molar-refractivity contribution in [3.05, 3.63) is 23.9 Å². The van der Waals surface area contributed by atoms with Crippen LogP contribution >= 0.6 is 0 Å². The van der Waals surface area contributed by atoms with E-state index in [2.05, 4.69) is 10.3 Å². The molecule has 1 heterocycles. The maximum Gasteiger partial charge on any atom is 0.251 e. The van der Waals surface area contributed by atoms with E-state index in [-0.39, 0.29) is 25.2 Å². The second kappa shape index (κ2) is 8.59. The average molecular weight is 294 g/mol. The fraction of sp³-hybridized carbons (Fsp3) is 0.600. The van der Waals surface area contributed by atoms with Crippen molar-refractivity contribution in [1.29, 1.82) is 0 Å². The fourth-order valence-electron chi connectivity index (χ4n) is 2.30. The molecule has 0 aliphatic heterocycles. The number of carbonyl (C=O) groups is 1. The minimum atomic E-state index is -0.179. The molecule has 21 heavy (non-hydrogen) atoms. The standard InChI is InChI=1S/C15H22N2O4/c18-8-10-20-9-7-17-15(19)12-5-6-16-14(11-12)21-13-3-1-2-4-13/h5-6,11,13,18H,1-4,7-10H2,(H,17,19). The molecule has 1 aliphatic carbocycles. The minimum Gasteiger partial charge on any atom is -0.474 e. The predicted molar refractivity (Wildman–Crippen MR) is 77.4 cm³/mol. The van der Waals surface area contributed by atoms with Crippen LogP contribution in [0.2, 0.25) is 0 Å². The molecule has 2 rings (SSSR count). The molecule has 0 saturated heterocycles. The number of ether oxygens (including phenoxy) is 2. The number of rotatable bonds is 8. The molecule has 0 spiro atoms. The van der Waals surface area contributed by atoms with Crippen molar-refractivity contribution in [3.8, 4) is 5.88 Å². The Kier molecular flexibility index (Phi) is 6.43. The van der Waals surface area contributed by atoms with Crippen LogP contribution < -0.4 is 10.1 Å². The van der Waals surface area contributed by atoms with E-state index in [1.54, 1.807) is 18.3 Å². The highest BCUT2D eigenvalue weighted by atomic mass is 16.5. The Morgan fingerprint density at radius 3 is 2.95 bits per heavy atom. The molecule has 0 atom stereocenters. The number of aromatic nitrogens is 1. The number of pyridine rings is 1. The van der Waals surface area contributed by atoms with E-state index in [0.29, 0.717) is 24.6 Å². The molecule has 116 valence electrons. The number of hydrogen-bond donors (Lipinski definition) is 2. The topological polar surface area (TPSA) is 80.7 Å². The van der Waals surface area contributed by atoms with Crippen LogP contribution in [-0.4, -0.2) is 48.5 Å². The van der Waals surface area contributed by atoms with E-state index in [1.165, 1.54) is 12.8 Å². The lowest BCUT2D eigenvalue weighted by Gasteiger charge is -2.12. The lowest BCUT2D eigenvalue weighted by molar-refractivity contribution is 0.0837. The number of hydrogen-bond acceptors (Lipinski definition) is 5. The van der Waals surface area contributed by atoms with Crippen LogP contribution in [0.4, 0.5) is 0 Å². The first-order chi connectivity index (χ1) is 10.3.